The van der Waals surface area contributed by atoms with Crippen LogP contribution in [-0.2, 0) is 0 Å². The predicted octanol–water partition coefficient (Wildman–Crippen LogP) is 0.977. The fourth-order valence-electron chi connectivity index (χ4n) is 2.79. The van der Waals surface area contributed by atoms with E-state index in [1.54, 1.807) is 24.3 Å². The smallest absolute Gasteiger partial charge is 0.257 e. The highest BCUT2D eigenvalue weighted by atomic mass is 16.2. The van der Waals surface area contributed by atoms with Crippen LogP contribution in [0.3, 0.4) is 0 Å². The van der Waals surface area contributed by atoms with Gasteiger partial charge in [-0.05, 0) is 24.3 Å². The van der Waals surface area contributed by atoms with E-state index in [0.717, 1.165) is 0 Å². The second-order valence-electron chi connectivity index (χ2n) is 4.73. The molecule has 2 aromatic rings. The second kappa shape index (κ2) is 3.30. The van der Waals surface area contributed by atoms with Gasteiger partial charge >= 0.3 is 0 Å². The zero-order chi connectivity index (χ0) is 14.0. The lowest BCUT2D eigenvalue weighted by molar-refractivity contribution is 0.0965. The molecule has 0 radical (unpaired) electrons. The first kappa shape index (κ1) is 10.9. The van der Waals surface area contributed by atoms with Gasteiger partial charge in [-0.3, -0.25) is 20.4 Å². The van der Waals surface area contributed by atoms with Gasteiger partial charge in [-0.2, -0.15) is 0 Å². The minimum Gasteiger partial charge on any atom is -0.307 e. The maximum atomic E-state index is 12.0. The summed E-state index contributed by atoms with van der Waals surface area (Å²) < 4.78 is 0. The van der Waals surface area contributed by atoms with Crippen LogP contribution in [0.5, 0.6) is 0 Å². The third-order valence-corrected chi connectivity index (χ3v) is 3.67. The molecule has 4 rings (SSSR count). The zero-order valence-electron chi connectivity index (χ0n) is 10.1. The lowest BCUT2D eigenvalue weighted by Gasteiger charge is -2.24. The van der Waals surface area contributed by atoms with Crippen molar-refractivity contribution in [3.8, 4) is 0 Å². The van der Waals surface area contributed by atoms with E-state index in [0.29, 0.717) is 33.0 Å². The van der Waals surface area contributed by atoms with Crippen LogP contribution in [0.15, 0.2) is 24.3 Å². The Labute approximate surface area is 112 Å². The summed E-state index contributed by atoms with van der Waals surface area (Å²) in [5.41, 5.74) is 2.00. The van der Waals surface area contributed by atoms with Crippen LogP contribution >= 0.6 is 0 Å². The fourth-order valence-corrected chi connectivity index (χ4v) is 2.79. The number of carbonyl (C=O) groups is 2. The molecule has 0 atom stereocenters. The summed E-state index contributed by atoms with van der Waals surface area (Å²) in [4.78, 5) is 23.9. The van der Waals surface area contributed by atoms with Crippen LogP contribution in [-0.4, -0.2) is 23.5 Å². The van der Waals surface area contributed by atoms with Crippen molar-refractivity contribution in [2.45, 2.75) is 0 Å². The van der Waals surface area contributed by atoms with E-state index >= 15 is 0 Å². The Bertz CT molecular complexity index is 743. The fraction of sp³-hybridized carbons (Fsp3) is 0. The average Bonchev–Trinajstić information content (AvgIpc) is 2.42. The molecule has 0 fully saturated rings. The van der Waals surface area contributed by atoms with Gasteiger partial charge in [0.15, 0.2) is 0 Å². The predicted molar refractivity (Wildman–Crippen MR) is 72.5 cm³/mol. The molecule has 2 amide bonds. The average molecular weight is 264 g/mol. The molecule has 0 aromatic heterocycles. The van der Waals surface area contributed by atoms with E-state index in [9.17, 15) is 9.59 Å². The van der Waals surface area contributed by atoms with Crippen LogP contribution in [0.25, 0.3) is 10.8 Å². The molecule has 2 aliphatic rings. The number of hydrogen-bond acceptors (Lipinski definition) is 4. The molecule has 0 spiro atoms. The molecule has 0 aliphatic carbocycles. The molecular weight excluding hydrogens is 256 g/mol. The largest absolute Gasteiger partial charge is 0.307 e. The maximum Gasteiger partial charge on any atom is 0.257 e. The number of rotatable bonds is 0. The lowest BCUT2D eigenvalue weighted by atomic mass is 9.87. The molecule has 0 saturated carbocycles. The summed E-state index contributed by atoms with van der Waals surface area (Å²) in [5.74, 6) is -0.681. The van der Waals surface area contributed by atoms with E-state index in [-0.39, 0.29) is 23.5 Å². The standard InChI is InChI=1S/C14H8N4O2/c15-11-5-1-2-6-10-8(14(20)18-12(6)16)4-3-7(9(5)10)13(19)17-11/h1-4H,(H2,15,17,19)(H2,16,18,20). The van der Waals surface area contributed by atoms with E-state index in [1.165, 1.54) is 0 Å². The molecular formula is C14H8N4O2. The normalized spacial score (nSPS) is 16.2. The Morgan fingerprint density at radius 3 is 1.40 bits per heavy atom. The summed E-state index contributed by atoms with van der Waals surface area (Å²) in [6.45, 7) is 0. The molecule has 6 heteroatoms. The summed E-state index contributed by atoms with van der Waals surface area (Å²) in [7, 11) is 0. The van der Waals surface area contributed by atoms with Crippen molar-refractivity contribution in [2.24, 2.45) is 0 Å². The number of amides is 2. The topological polar surface area (TPSA) is 106 Å². The molecule has 2 aliphatic heterocycles. The summed E-state index contributed by atoms with van der Waals surface area (Å²) >= 11 is 0. The van der Waals surface area contributed by atoms with Crippen LogP contribution in [0.1, 0.15) is 31.8 Å². The number of carbonyl (C=O) groups excluding carboxylic acids is 2. The Morgan fingerprint density at radius 2 is 1.00 bits per heavy atom. The summed E-state index contributed by atoms with van der Waals surface area (Å²) in [6.07, 6.45) is 0. The Kier molecular flexibility index (Phi) is 1.79. The third-order valence-electron chi connectivity index (χ3n) is 3.67. The van der Waals surface area contributed by atoms with Crippen molar-refractivity contribution in [2.75, 3.05) is 0 Å². The minimum absolute atomic E-state index is 0.0173. The summed E-state index contributed by atoms with van der Waals surface area (Å²) in [5, 5.41) is 21.9. The van der Waals surface area contributed by atoms with E-state index < -0.39 is 0 Å². The van der Waals surface area contributed by atoms with Crippen molar-refractivity contribution in [1.82, 2.24) is 10.6 Å². The Balaban J connectivity index is 2.29. The van der Waals surface area contributed by atoms with Crippen LogP contribution < -0.4 is 10.6 Å². The molecule has 2 heterocycles. The first-order valence-corrected chi connectivity index (χ1v) is 5.98. The quantitative estimate of drug-likeness (QED) is 0.569. The van der Waals surface area contributed by atoms with Gasteiger partial charge in [0.25, 0.3) is 11.8 Å². The van der Waals surface area contributed by atoms with Crippen LogP contribution in [0, 0.1) is 10.8 Å². The number of amidine groups is 2. The van der Waals surface area contributed by atoms with Gasteiger partial charge in [0.2, 0.25) is 0 Å². The molecule has 0 saturated heterocycles. The first-order valence-electron chi connectivity index (χ1n) is 5.98. The van der Waals surface area contributed by atoms with Gasteiger partial charge in [0.1, 0.15) is 11.7 Å². The van der Waals surface area contributed by atoms with Gasteiger partial charge in [0, 0.05) is 33.0 Å². The highest BCUT2D eigenvalue weighted by Gasteiger charge is 2.30. The van der Waals surface area contributed by atoms with E-state index in [4.69, 9.17) is 10.8 Å². The van der Waals surface area contributed by atoms with Crippen molar-refractivity contribution in [3.05, 3.63) is 46.5 Å². The maximum absolute atomic E-state index is 12.0. The number of nitrogens with one attached hydrogen (secondary N) is 4. The van der Waals surface area contributed by atoms with Gasteiger partial charge in [-0.1, -0.05) is 0 Å². The first-order chi connectivity index (χ1) is 9.58. The third kappa shape index (κ3) is 1.13. The van der Waals surface area contributed by atoms with Crippen molar-refractivity contribution >= 4 is 34.3 Å². The molecule has 0 bridgehead atoms. The minimum atomic E-state index is -0.358. The monoisotopic (exact) mass is 264 g/mol. The van der Waals surface area contributed by atoms with Crippen LogP contribution in [0.2, 0.25) is 0 Å². The highest BCUT2D eigenvalue weighted by molar-refractivity contribution is 6.33. The van der Waals surface area contributed by atoms with Gasteiger partial charge in [-0.25, -0.2) is 0 Å². The Hall–Kier alpha value is -3.02. The lowest BCUT2D eigenvalue weighted by Crippen LogP contribution is -2.38. The molecule has 0 unspecified atom stereocenters. The van der Waals surface area contributed by atoms with E-state index in [2.05, 4.69) is 10.6 Å². The van der Waals surface area contributed by atoms with Gasteiger partial charge in [0.05, 0.1) is 0 Å². The van der Waals surface area contributed by atoms with Crippen molar-refractivity contribution in [3.63, 3.8) is 0 Å². The summed E-state index contributed by atoms with van der Waals surface area (Å²) in [6, 6.07) is 6.56. The van der Waals surface area contributed by atoms with Crippen molar-refractivity contribution < 1.29 is 9.59 Å². The SMILES string of the molecule is N=C1NC(=O)c2ccc3c4c(ccc1c24)C(=N)NC3=O. The molecule has 96 valence electrons. The molecule has 6 nitrogen and oxygen atoms in total. The second-order valence-corrected chi connectivity index (χ2v) is 4.73. The number of hydrogen-bond donors (Lipinski definition) is 4. The molecule has 20 heavy (non-hydrogen) atoms. The van der Waals surface area contributed by atoms with Gasteiger partial charge in [-0.15, -0.1) is 0 Å². The zero-order valence-corrected chi connectivity index (χ0v) is 10.1. The van der Waals surface area contributed by atoms with Gasteiger partial charge < -0.3 is 10.6 Å². The molecule has 4 N–H and O–H groups in total. The highest BCUT2D eigenvalue weighted by Crippen LogP contribution is 2.33. The van der Waals surface area contributed by atoms with Crippen molar-refractivity contribution in [1.29, 1.82) is 10.8 Å². The molecule has 2 aromatic carbocycles. The Morgan fingerprint density at radius 1 is 0.650 bits per heavy atom. The van der Waals surface area contributed by atoms with E-state index in [1.807, 2.05) is 0 Å². The van der Waals surface area contributed by atoms with Crippen LogP contribution in [0.4, 0.5) is 0 Å². The number of benzene rings is 2.